The average Bonchev–Trinajstić information content (AvgIpc) is 3.15. The van der Waals surface area contributed by atoms with Gasteiger partial charge in [0.2, 0.25) is 5.91 Å². The van der Waals surface area contributed by atoms with Crippen LogP contribution in [0.1, 0.15) is 6.92 Å². The van der Waals surface area contributed by atoms with Crippen LogP contribution in [-0.2, 0) is 9.53 Å². The second-order valence-corrected chi connectivity index (χ2v) is 7.35. The fraction of sp³-hybridized carbons (Fsp3) is 0.316. The van der Waals surface area contributed by atoms with Crippen molar-refractivity contribution in [3.05, 3.63) is 42.2 Å². The fourth-order valence-electron chi connectivity index (χ4n) is 3.14. The van der Waals surface area contributed by atoms with Crippen molar-refractivity contribution in [2.24, 2.45) is 0 Å². The summed E-state index contributed by atoms with van der Waals surface area (Å²) in [6.45, 7) is 4.60. The molecule has 1 fully saturated rings. The lowest BCUT2D eigenvalue weighted by Crippen LogP contribution is -2.44. The summed E-state index contributed by atoms with van der Waals surface area (Å²) in [5.41, 5.74) is 2.94. The van der Waals surface area contributed by atoms with Crippen molar-refractivity contribution in [1.82, 2.24) is 14.9 Å². The number of amides is 1. The van der Waals surface area contributed by atoms with Crippen LogP contribution >= 0.6 is 11.3 Å². The van der Waals surface area contributed by atoms with Gasteiger partial charge >= 0.3 is 0 Å². The average molecular weight is 368 g/mol. The Morgan fingerprint density at radius 2 is 2.27 bits per heavy atom. The van der Waals surface area contributed by atoms with Crippen LogP contribution in [0.4, 0.5) is 5.82 Å². The zero-order chi connectivity index (χ0) is 17.9. The molecule has 1 saturated heterocycles. The molecule has 1 amide bonds. The number of morpholine rings is 1. The SMILES string of the molecule is C[C@H]1CN(CC(=O)Nc2cc3cc(-c4cncs4)ccc3cn2)CCO1. The number of fused-ring (bicyclic) bond motifs is 1. The fourth-order valence-corrected chi connectivity index (χ4v) is 3.76. The molecule has 0 bridgehead atoms. The Bertz CT molecular complexity index is 913. The number of nitrogens with zero attached hydrogens (tertiary/aromatic N) is 3. The maximum Gasteiger partial charge on any atom is 0.239 e. The monoisotopic (exact) mass is 368 g/mol. The molecule has 1 atom stereocenters. The molecule has 2 aromatic heterocycles. The van der Waals surface area contributed by atoms with Crippen LogP contribution in [-0.4, -0.2) is 53.1 Å². The number of hydrogen-bond donors (Lipinski definition) is 1. The normalized spacial score (nSPS) is 18.1. The molecule has 0 unspecified atom stereocenters. The maximum atomic E-state index is 12.3. The van der Waals surface area contributed by atoms with E-state index in [9.17, 15) is 4.79 Å². The predicted octanol–water partition coefficient (Wildman–Crippen LogP) is 3.02. The Hall–Kier alpha value is -2.35. The molecule has 1 aliphatic heterocycles. The van der Waals surface area contributed by atoms with Crippen molar-refractivity contribution in [2.75, 3.05) is 31.6 Å². The summed E-state index contributed by atoms with van der Waals surface area (Å²) in [5.74, 6) is 0.523. The van der Waals surface area contributed by atoms with Gasteiger partial charge in [0.05, 0.1) is 29.6 Å². The summed E-state index contributed by atoms with van der Waals surface area (Å²) >= 11 is 1.61. The second kappa shape index (κ2) is 7.49. The highest BCUT2D eigenvalue weighted by Crippen LogP contribution is 2.27. The highest BCUT2D eigenvalue weighted by Gasteiger charge is 2.19. The third kappa shape index (κ3) is 3.90. The molecule has 6 nitrogen and oxygen atoms in total. The van der Waals surface area contributed by atoms with Crippen LogP contribution < -0.4 is 5.32 Å². The number of nitrogens with one attached hydrogen (secondary N) is 1. The first kappa shape index (κ1) is 17.1. The van der Waals surface area contributed by atoms with Gasteiger partial charge in [0, 0.05) is 30.9 Å². The van der Waals surface area contributed by atoms with Gasteiger partial charge in [-0.05, 0) is 30.0 Å². The lowest BCUT2D eigenvalue weighted by Gasteiger charge is -2.30. The van der Waals surface area contributed by atoms with E-state index >= 15 is 0 Å². The molecule has 1 aromatic carbocycles. The Balaban J connectivity index is 1.48. The molecule has 1 N–H and O–H groups in total. The van der Waals surface area contributed by atoms with Crippen LogP contribution in [0.25, 0.3) is 21.2 Å². The largest absolute Gasteiger partial charge is 0.376 e. The first-order valence-electron chi connectivity index (χ1n) is 8.60. The number of rotatable bonds is 4. The van der Waals surface area contributed by atoms with Gasteiger partial charge in [-0.1, -0.05) is 12.1 Å². The minimum Gasteiger partial charge on any atom is -0.376 e. The van der Waals surface area contributed by atoms with Gasteiger partial charge in [-0.2, -0.15) is 0 Å². The van der Waals surface area contributed by atoms with E-state index in [1.807, 2.05) is 30.8 Å². The molecular weight excluding hydrogens is 348 g/mol. The van der Waals surface area contributed by atoms with E-state index in [1.54, 1.807) is 17.5 Å². The maximum absolute atomic E-state index is 12.3. The Morgan fingerprint density at radius 3 is 3.08 bits per heavy atom. The van der Waals surface area contributed by atoms with Crippen molar-refractivity contribution in [3.63, 3.8) is 0 Å². The molecule has 1 aliphatic rings. The summed E-state index contributed by atoms with van der Waals surface area (Å²) in [7, 11) is 0. The van der Waals surface area contributed by atoms with Gasteiger partial charge in [-0.3, -0.25) is 14.7 Å². The third-order valence-corrected chi connectivity index (χ3v) is 5.22. The van der Waals surface area contributed by atoms with E-state index < -0.39 is 0 Å². The number of thiazole rings is 1. The Morgan fingerprint density at radius 1 is 1.35 bits per heavy atom. The van der Waals surface area contributed by atoms with E-state index in [1.165, 1.54) is 0 Å². The lowest BCUT2D eigenvalue weighted by atomic mass is 10.1. The van der Waals surface area contributed by atoms with Crippen molar-refractivity contribution in [3.8, 4) is 10.4 Å². The number of aromatic nitrogens is 2. The number of ether oxygens (including phenoxy) is 1. The van der Waals surface area contributed by atoms with Crippen LogP contribution in [0, 0.1) is 0 Å². The number of carbonyl (C=O) groups excluding carboxylic acids is 1. The number of benzene rings is 1. The van der Waals surface area contributed by atoms with E-state index in [4.69, 9.17) is 4.74 Å². The standard InChI is InChI=1S/C19H20N4O2S/c1-13-10-23(4-5-25-13)11-19(24)22-18-7-16-6-14(17-9-20-12-26-17)2-3-15(16)8-21-18/h2-3,6-9,12-13H,4-5,10-11H2,1H3,(H,21,22,24)/t13-/m0/s1. The van der Waals surface area contributed by atoms with E-state index in [0.29, 0.717) is 19.0 Å². The van der Waals surface area contributed by atoms with Crippen LogP contribution in [0.5, 0.6) is 0 Å². The first-order chi connectivity index (χ1) is 12.7. The Labute approximate surface area is 155 Å². The third-order valence-electron chi connectivity index (χ3n) is 4.40. The van der Waals surface area contributed by atoms with Gasteiger partial charge < -0.3 is 10.1 Å². The number of anilines is 1. The van der Waals surface area contributed by atoms with Crippen molar-refractivity contribution < 1.29 is 9.53 Å². The number of hydrogen-bond acceptors (Lipinski definition) is 6. The van der Waals surface area contributed by atoms with Gasteiger partial charge in [-0.15, -0.1) is 11.3 Å². The highest BCUT2D eigenvalue weighted by molar-refractivity contribution is 7.13. The molecule has 4 rings (SSSR count). The van der Waals surface area contributed by atoms with Crippen LogP contribution in [0.15, 0.2) is 42.2 Å². The summed E-state index contributed by atoms with van der Waals surface area (Å²) in [6.07, 6.45) is 3.82. The molecule has 0 radical (unpaired) electrons. The zero-order valence-electron chi connectivity index (χ0n) is 14.5. The highest BCUT2D eigenvalue weighted by atomic mass is 32.1. The molecule has 0 saturated carbocycles. The van der Waals surface area contributed by atoms with Gasteiger partial charge in [0.25, 0.3) is 0 Å². The number of carbonyl (C=O) groups is 1. The molecule has 26 heavy (non-hydrogen) atoms. The lowest BCUT2D eigenvalue weighted by molar-refractivity contribution is -0.119. The smallest absolute Gasteiger partial charge is 0.239 e. The summed E-state index contributed by atoms with van der Waals surface area (Å²) in [6, 6.07) is 8.12. The minimum atomic E-state index is -0.0513. The molecule has 134 valence electrons. The first-order valence-corrected chi connectivity index (χ1v) is 9.48. The minimum absolute atomic E-state index is 0.0513. The van der Waals surface area contributed by atoms with Crippen LogP contribution in [0.2, 0.25) is 0 Å². The second-order valence-electron chi connectivity index (χ2n) is 6.46. The van der Waals surface area contributed by atoms with Gasteiger partial charge in [0.15, 0.2) is 0 Å². The zero-order valence-corrected chi connectivity index (χ0v) is 15.3. The van der Waals surface area contributed by atoms with Crippen molar-refractivity contribution >= 4 is 33.8 Å². The predicted molar refractivity (Wildman–Crippen MR) is 103 cm³/mol. The van der Waals surface area contributed by atoms with Crippen molar-refractivity contribution in [2.45, 2.75) is 13.0 Å². The number of pyridine rings is 1. The van der Waals surface area contributed by atoms with E-state index in [0.717, 1.165) is 34.3 Å². The molecule has 3 aromatic rings. The molecular formula is C19H20N4O2S. The summed E-state index contributed by atoms with van der Waals surface area (Å²) in [4.78, 5) is 24.1. The molecule has 3 heterocycles. The van der Waals surface area contributed by atoms with Crippen LogP contribution in [0.3, 0.4) is 0 Å². The Kier molecular flexibility index (Phi) is 4.92. The van der Waals surface area contributed by atoms with Gasteiger partial charge in [-0.25, -0.2) is 4.98 Å². The van der Waals surface area contributed by atoms with Gasteiger partial charge in [0.1, 0.15) is 5.82 Å². The molecule has 0 aliphatic carbocycles. The summed E-state index contributed by atoms with van der Waals surface area (Å²) < 4.78 is 5.51. The van der Waals surface area contributed by atoms with E-state index in [2.05, 4.69) is 32.3 Å². The van der Waals surface area contributed by atoms with Crippen molar-refractivity contribution in [1.29, 1.82) is 0 Å². The topological polar surface area (TPSA) is 67.4 Å². The molecule has 7 heteroatoms. The summed E-state index contributed by atoms with van der Waals surface area (Å²) in [5, 5.41) is 4.99. The van der Waals surface area contributed by atoms with E-state index in [-0.39, 0.29) is 12.0 Å². The quantitative estimate of drug-likeness (QED) is 0.767. The molecule has 0 spiro atoms.